The molecule has 0 radical (unpaired) electrons. The van der Waals surface area contributed by atoms with Crippen molar-refractivity contribution < 1.29 is 0 Å². The lowest BCUT2D eigenvalue weighted by molar-refractivity contribution is 0.378. The summed E-state index contributed by atoms with van der Waals surface area (Å²) in [6.07, 6.45) is 1.87. The molecule has 0 aliphatic carbocycles. The molecular weight excluding hydrogens is 238 g/mol. The minimum absolute atomic E-state index is 0.533. The Morgan fingerprint density at radius 3 is 2.14 bits per heavy atom. The predicted molar refractivity (Wildman–Crippen MR) is 64.4 cm³/mol. The lowest BCUT2D eigenvalue weighted by atomic mass is 9.83. The van der Waals surface area contributed by atoms with E-state index >= 15 is 0 Å². The van der Waals surface area contributed by atoms with Crippen molar-refractivity contribution in [3.63, 3.8) is 0 Å². The van der Waals surface area contributed by atoms with Gasteiger partial charge in [-0.3, -0.25) is 4.98 Å². The van der Waals surface area contributed by atoms with Crippen molar-refractivity contribution in [1.82, 2.24) is 4.98 Å². The van der Waals surface area contributed by atoms with Gasteiger partial charge in [0.1, 0.15) is 0 Å². The van der Waals surface area contributed by atoms with Crippen molar-refractivity contribution in [1.29, 1.82) is 0 Å². The van der Waals surface area contributed by atoms with Crippen molar-refractivity contribution in [3.8, 4) is 0 Å². The van der Waals surface area contributed by atoms with Crippen LogP contribution in [0.5, 0.6) is 0 Å². The number of aromatic nitrogens is 1. The third kappa shape index (κ3) is 2.57. The summed E-state index contributed by atoms with van der Waals surface area (Å²) in [6, 6.07) is 4.03. The van der Waals surface area contributed by atoms with E-state index in [9.17, 15) is 0 Å². The first-order chi connectivity index (χ1) is 6.54. The Bertz CT molecular complexity index is 286. The van der Waals surface area contributed by atoms with E-state index in [1.54, 1.807) is 0 Å². The molecule has 0 amide bonds. The Labute approximate surface area is 95.1 Å². The van der Waals surface area contributed by atoms with E-state index in [0.717, 1.165) is 4.47 Å². The Balaban J connectivity index is 3.05. The van der Waals surface area contributed by atoms with Gasteiger partial charge in [-0.05, 0) is 39.9 Å². The second-order valence-corrected chi connectivity index (χ2v) is 5.24. The van der Waals surface area contributed by atoms with Crippen LogP contribution in [0.4, 0.5) is 0 Å². The zero-order valence-electron chi connectivity index (χ0n) is 9.29. The average Bonchev–Trinajstić information content (AvgIpc) is 2.07. The first-order valence-corrected chi connectivity index (χ1v) is 5.93. The zero-order valence-corrected chi connectivity index (χ0v) is 10.9. The van der Waals surface area contributed by atoms with Crippen LogP contribution in [0.15, 0.2) is 22.8 Å². The van der Waals surface area contributed by atoms with E-state index in [1.165, 1.54) is 5.69 Å². The quantitative estimate of drug-likeness (QED) is 0.788. The third-order valence-electron chi connectivity index (χ3n) is 2.54. The molecule has 1 aromatic heterocycles. The van der Waals surface area contributed by atoms with Crippen LogP contribution in [0, 0.1) is 11.8 Å². The topological polar surface area (TPSA) is 12.9 Å². The normalized spacial score (nSPS) is 11.7. The summed E-state index contributed by atoms with van der Waals surface area (Å²) < 4.78 is 1.13. The molecule has 2 heteroatoms. The molecular formula is C12H18BrN. The largest absolute Gasteiger partial charge is 0.260 e. The molecule has 1 rings (SSSR count). The molecule has 0 bridgehead atoms. The second kappa shape index (κ2) is 4.92. The maximum Gasteiger partial charge on any atom is 0.0581 e. The van der Waals surface area contributed by atoms with E-state index < -0.39 is 0 Å². The number of hydrogen-bond donors (Lipinski definition) is 0. The Morgan fingerprint density at radius 1 is 1.14 bits per heavy atom. The summed E-state index contributed by atoms with van der Waals surface area (Å²) in [4.78, 5) is 4.47. The molecule has 0 aliphatic rings. The molecule has 1 heterocycles. The van der Waals surface area contributed by atoms with Crippen LogP contribution in [-0.4, -0.2) is 4.98 Å². The smallest absolute Gasteiger partial charge is 0.0581 e. The highest BCUT2D eigenvalue weighted by Gasteiger charge is 2.22. The minimum atomic E-state index is 0.533. The predicted octanol–water partition coefficient (Wildman–Crippen LogP) is 4.24. The number of rotatable bonds is 3. The van der Waals surface area contributed by atoms with E-state index in [-0.39, 0.29) is 0 Å². The van der Waals surface area contributed by atoms with Crippen LogP contribution < -0.4 is 0 Å². The summed E-state index contributed by atoms with van der Waals surface area (Å²) in [5.41, 5.74) is 1.19. The Hall–Kier alpha value is -0.370. The van der Waals surface area contributed by atoms with Gasteiger partial charge >= 0.3 is 0 Å². The molecule has 0 aromatic carbocycles. The van der Waals surface area contributed by atoms with Gasteiger partial charge in [0.25, 0.3) is 0 Å². The van der Waals surface area contributed by atoms with Gasteiger partial charge < -0.3 is 0 Å². The van der Waals surface area contributed by atoms with Gasteiger partial charge in [0, 0.05) is 16.6 Å². The van der Waals surface area contributed by atoms with E-state index in [1.807, 2.05) is 12.3 Å². The monoisotopic (exact) mass is 255 g/mol. The second-order valence-electron chi connectivity index (χ2n) is 4.38. The van der Waals surface area contributed by atoms with Crippen molar-refractivity contribution in [3.05, 3.63) is 28.5 Å². The van der Waals surface area contributed by atoms with Gasteiger partial charge in [-0.1, -0.05) is 27.7 Å². The van der Waals surface area contributed by atoms with E-state index in [2.05, 4.69) is 54.7 Å². The van der Waals surface area contributed by atoms with Crippen LogP contribution in [0.25, 0.3) is 0 Å². The molecule has 1 aromatic rings. The molecule has 0 N–H and O–H groups in total. The number of pyridine rings is 1. The fourth-order valence-electron chi connectivity index (χ4n) is 2.04. The summed E-state index contributed by atoms with van der Waals surface area (Å²) in [5, 5.41) is 0. The lowest BCUT2D eigenvalue weighted by Gasteiger charge is -2.25. The molecule has 0 aliphatic heterocycles. The first kappa shape index (κ1) is 11.7. The number of hydrogen-bond acceptors (Lipinski definition) is 1. The van der Waals surface area contributed by atoms with Gasteiger partial charge in [-0.25, -0.2) is 0 Å². The van der Waals surface area contributed by atoms with Crippen LogP contribution in [0.1, 0.15) is 39.3 Å². The molecule has 78 valence electrons. The molecule has 0 saturated carbocycles. The van der Waals surface area contributed by atoms with E-state index in [4.69, 9.17) is 0 Å². The highest BCUT2D eigenvalue weighted by atomic mass is 79.9. The molecule has 0 unspecified atom stereocenters. The Kier molecular flexibility index (Phi) is 4.11. The molecule has 0 fully saturated rings. The van der Waals surface area contributed by atoms with Gasteiger partial charge in [-0.15, -0.1) is 0 Å². The minimum Gasteiger partial charge on any atom is -0.260 e. The molecule has 1 nitrogen and oxygen atoms in total. The molecule has 0 spiro atoms. The van der Waals surface area contributed by atoms with Crippen LogP contribution >= 0.6 is 15.9 Å². The molecule has 14 heavy (non-hydrogen) atoms. The van der Waals surface area contributed by atoms with Gasteiger partial charge in [-0.2, -0.15) is 0 Å². The van der Waals surface area contributed by atoms with Gasteiger partial charge in [0.05, 0.1) is 5.69 Å². The highest BCUT2D eigenvalue weighted by molar-refractivity contribution is 9.10. The summed E-state index contributed by atoms with van der Waals surface area (Å²) >= 11 is 3.57. The van der Waals surface area contributed by atoms with Crippen LogP contribution in [0.2, 0.25) is 0 Å². The maximum absolute atomic E-state index is 4.47. The van der Waals surface area contributed by atoms with E-state index in [0.29, 0.717) is 17.8 Å². The number of halogens is 1. The van der Waals surface area contributed by atoms with Crippen molar-refractivity contribution in [2.24, 2.45) is 11.8 Å². The SMILES string of the molecule is CC(C)C(c1ncccc1Br)C(C)C. The van der Waals surface area contributed by atoms with Gasteiger partial charge in [0.15, 0.2) is 0 Å². The fourth-order valence-corrected chi connectivity index (χ4v) is 2.56. The van der Waals surface area contributed by atoms with Crippen molar-refractivity contribution in [2.45, 2.75) is 33.6 Å². The third-order valence-corrected chi connectivity index (χ3v) is 3.21. The number of nitrogens with zero attached hydrogens (tertiary/aromatic N) is 1. The first-order valence-electron chi connectivity index (χ1n) is 5.14. The van der Waals surface area contributed by atoms with Crippen LogP contribution in [-0.2, 0) is 0 Å². The maximum atomic E-state index is 4.47. The Morgan fingerprint density at radius 2 is 1.71 bits per heavy atom. The van der Waals surface area contributed by atoms with Gasteiger partial charge in [0.2, 0.25) is 0 Å². The molecule has 0 atom stereocenters. The van der Waals surface area contributed by atoms with Crippen LogP contribution in [0.3, 0.4) is 0 Å². The molecule has 0 saturated heterocycles. The summed E-state index contributed by atoms with van der Waals surface area (Å²) in [5.74, 6) is 1.79. The van der Waals surface area contributed by atoms with Crippen molar-refractivity contribution in [2.75, 3.05) is 0 Å². The summed E-state index contributed by atoms with van der Waals surface area (Å²) in [6.45, 7) is 9.02. The highest BCUT2D eigenvalue weighted by Crippen LogP contribution is 2.34. The van der Waals surface area contributed by atoms with Crippen molar-refractivity contribution >= 4 is 15.9 Å². The summed E-state index contributed by atoms with van der Waals surface area (Å²) in [7, 11) is 0. The average molecular weight is 256 g/mol. The zero-order chi connectivity index (χ0) is 10.7. The fraction of sp³-hybridized carbons (Fsp3) is 0.583. The standard InChI is InChI=1S/C12H18BrN/c1-8(2)11(9(3)4)12-10(13)6-5-7-14-12/h5-9,11H,1-4H3. The lowest BCUT2D eigenvalue weighted by Crippen LogP contribution is -2.15.